The van der Waals surface area contributed by atoms with Crippen molar-refractivity contribution in [1.29, 1.82) is 0 Å². The summed E-state index contributed by atoms with van der Waals surface area (Å²) in [4.78, 5) is 21.1. The van der Waals surface area contributed by atoms with Gasteiger partial charge in [-0.1, -0.05) is 17.7 Å². The summed E-state index contributed by atoms with van der Waals surface area (Å²) in [6, 6.07) is 3.14. The molecule has 1 rings (SSSR count). The zero-order valence-electron chi connectivity index (χ0n) is 9.42. The van der Waals surface area contributed by atoms with Crippen molar-refractivity contribution < 1.29 is 19.6 Å². The number of nitro groups is 1. The maximum absolute atomic E-state index is 10.9. The van der Waals surface area contributed by atoms with Gasteiger partial charge in [-0.15, -0.1) is 0 Å². The zero-order chi connectivity index (χ0) is 13.7. The Hall–Kier alpha value is -1.86. The summed E-state index contributed by atoms with van der Waals surface area (Å²) in [5.74, 6) is -1.17. The number of carboxylic acid groups (broad SMARTS) is 1. The minimum atomic E-state index is -1.17. The van der Waals surface area contributed by atoms with Gasteiger partial charge in [-0.3, -0.25) is 10.1 Å². The normalized spacial score (nSPS) is 11.9. The third-order valence-electron chi connectivity index (χ3n) is 2.13. The van der Waals surface area contributed by atoms with Crippen molar-refractivity contribution in [2.75, 3.05) is 19.0 Å². The molecule has 2 N–H and O–H groups in total. The summed E-state index contributed by atoms with van der Waals surface area (Å²) in [6.07, 6.45) is 0. The molecule has 1 aromatic rings. The quantitative estimate of drug-likeness (QED) is 0.605. The molecule has 0 radical (unpaired) electrons. The van der Waals surface area contributed by atoms with Gasteiger partial charge in [-0.05, 0) is 12.1 Å². The van der Waals surface area contributed by atoms with Crippen LogP contribution in [0.25, 0.3) is 0 Å². The summed E-state index contributed by atoms with van der Waals surface area (Å²) in [6.45, 7) is -0.126. The lowest BCUT2D eigenvalue weighted by Gasteiger charge is -2.15. The van der Waals surface area contributed by atoms with E-state index in [0.717, 1.165) is 0 Å². The monoisotopic (exact) mass is 274 g/mol. The van der Waals surface area contributed by atoms with Crippen LogP contribution in [0.5, 0.6) is 0 Å². The van der Waals surface area contributed by atoms with E-state index in [9.17, 15) is 14.9 Å². The number of anilines is 1. The summed E-state index contributed by atoms with van der Waals surface area (Å²) >= 11 is 5.70. The lowest BCUT2D eigenvalue weighted by molar-refractivity contribution is -0.383. The first-order valence-electron chi connectivity index (χ1n) is 4.88. The van der Waals surface area contributed by atoms with Gasteiger partial charge in [-0.2, -0.15) is 0 Å². The highest BCUT2D eigenvalue weighted by Crippen LogP contribution is 2.32. The number of methoxy groups -OCH3 is 1. The van der Waals surface area contributed by atoms with E-state index in [1.807, 2.05) is 0 Å². The van der Waals surface area contributed by atoms with E-state index in [2.05, 4.69) is 5.32 Å². The van der Waals surface area contributed by atoms with Gasteiger partial charge in [0.05, 0.1) is 11.5 Å². The first-order chi connectivity index (χ1) is 8.47. The molecule has 0 heterocycles. The molecule has 0 bridgehead atoms. The van der Waals surface area contributed by atoms with Gasteiger partial charge in [0.25, 0.3) is 0 Å². The Kier molecular flexibility index (Phi) is 4.87. The SMILES string of the molecule is COCC(Nc1cccc(Cl)c1[N+](=O)[O-])C(=O)O. The number of carbonyl (C=O) groups is 1. The maximum Gasteiger partial charge on any atom is 0.328 e. The number of nitrogens with one attached hydrogen (secondary N) is 1. The maximum atomic E-state index is 10.9. The molecule has 0 aliphatic carbocycles. The van der Waals surface area contributed by atoms with E-state index in [1.165, 1.54) is 25.3 Å². The molecule has 18 heavy (non-hydrogen) atoms. The van der Waals surface area contributed by atoms with Crippen molar-refractivity contribution in [2.45, 2.75) is 6.04 Å². The number of benzene rings is 1. The van der Waals surface area contributed by atoms with Crippen molar-refractivity contribution in [1.82, 2.24) is 0 Å². The number of hydrogen-bond acceptors (Lipinski definition) is 5. The molecule has 0 aromatic heterocycles. The molecule has 1 atom stereocenters. The average molecular weight is 275 g/mol. The Labute approximate surface area is 107 Å². The van der Waals surface area contributed by atoms with Crippen molar-refractivity contribution in [3.8, 4) is 0 Å². The summed E-state index contributed by atoms with van der Waals surface area (Å²) in [7, 11) is 1.34. The fourth-order valence-electron chi connectivity index (χ4n) is 1.35. The van der Waals surface area contributed by atoms with E-state index in [1.54, 1.807) is 0 Å². The van der Waals surface area contributed by atoms with Crippen LogP contribution >= 0.6 is 11.6 Å². The predicted octanol–water partition coefficient (Wildman–Crippen LogP) is 1.76. The molecule has 0 spiro atoms. The number of para-hydroxylation sites is 1. The fraction of sp³-hybridized carbons (Fsp3) is 0.300. The van der Waals surface area contributed by atoms with Gasteiger partial charge in [0.1, 0.15) is 16.8 Å². The van der Waals surface area contributed by atoms with Gasteiger partial charge in [0.2, 0.25) is 0 Å². The highest BCUT2D eigenvalue weighted by molar-refractivity contribution is 6.33. The van der Waals surface area contributed by atoms with Crippen LogP contribution in [0.15, 0.2) is 18.2 Å². The van der Waals surface area contributed by atoms with E-state index >= 15 is 0 Å². The number of aliphatic carboxylic acids is 1. The van der Waals surface area contributed by atoms with Gasteiger partial charge in [0.15, 0.2) is 0 Å². The predicted molar refractivity (Wildman–Crippen MR) is 65.0 cm³/mol. The molecule has 7 nitrogen and oxygen atoms in total. The molecule has 0 fully saturated rings. The minimum absolute atomic E-state index is 0.0388. The summed E-state index contributed by atoms with van der Waals surface area (Å²) in [5.41, 5.74) is -0.321. The van der Waals surface area contributed by atoms with Gasteiger partial charge < -0.3 is 15.2 Å². The summed E-state index contributed by atoms with van der Waals surface area (Å²) in [5, 5.41) is 22.2. The zero-order valence-corrected chi connectivity index (χ0v) is 10.2. The Morgan fingerprint density at radius 3 is 2.83 bits per heavy atom. The molecule has 8 heteroatoms. The Bertz CT molecular complexity index is 466. The number of rotatable bonds is 6. The van der Waals surface area contributed by atoms with Crippen LogP contribution < -0.4 is 5.32 Å². The second-order valence-corrected chi connectivity index (χ2v) is 3.79. The molecule has 0 saturated carbocycles. The third kappa shape index (κ3) is 3.31. The van der Waals surface area contributed by atoms with Crippen LogP contribution in [0.4, 0.5) is 11.4 Å². The number of ether oxygens (including phenoxy) is 1. The highest BCUT2D eigenvalue weighted by Gasteiger charge is 2.24. The summed E-state index contributed by atoms with van der Waals surface area (Å²) < 4.78 is 4.72. The molecule has 0 amide bonds. The molecular weight excluding hydrogens is 264 g/mol. The first kappa shape index (κ1) is 14.2. The fourth-order valence-corrected chi connectivity index (χ4v) is 1.59. The number of carboxylic acids is 1. The van der Waals surface area contributed by atoms with Crippen LogP contribution in [0.3, 0.4) is 0 Å². The molecule has 98 valence electrons. The smallest absolute Gasteiger partial charge is 0.328 e. The largest absolute Gasteiger partial charge is 0.480 e. The van der Waals surface area contributed by atoms with Crippen LogP contribution in [-0.2, 0) is 9.53 Å². The Balaban J connectivity index is 3.06. The molecule has 0 aliphatic rings. The minimum Gasteiger partial charge on any atom is -0.480 e. The number of nitro benzene ring substituents is 1. The van der Waals surface area contributed by atoms with E-state index in [4.69, 9.17) is 21.4 Å². The van der Waals surface area contributed by atoms with Crippen molar-refractivity contribution in [3.05, 3.63) is 33.3 Å². The number of halogens is 1. The first-order valence-corrected chi connectivity index (χ1v) is 5.26. The van der Waals surface area contributed by atoms with Crippen LogP contribution in [0, 0.1) is 10.1 Å². The molecule has 0 saturated heterocycles. The second-order valence-electron chi connectivity index (χ2n) is 3.38. The van der Waals surface area contributed by atoms with Gasteiger partial charge in [-0.25, -0.2) is 4.79 Å². The van der Waals surface area contributed by atoms with Gasteiger partial charge >= 0.3 is 11.7 Å². The highest BCUT2D eigenvalue weighted by atomic mass is 35.5. The Morgan fingerprint density at radius 2 is 2.33 bits per heavy atom. The number of nitrogens with zero attached hydrogens (tertiary/aromatic N) is 1. The van der Waals surface area contributed by atoms with E-state index in [0.29, 0.717) is 0 Å². The van der Waals surface area contributed by atoms with E-state index < -0.39 is 16.9 Å². The molecule has 0 aliphatic heterocycles. The van der Waals surface area contributed by atoms with E-state index in [-0.39, 0.29) is 23.0 Å². The second kappa shape index (κ2) is 6.18. The molecular formula is C10H11ClN2O5. The van der Waals surface area contributed by atoms with Gasteiger partial charge in [0, 0.05) is 7.11 Å². The molecule has 1 aromatic carbocycles. The Morgan fingerprint density at radius 1 is 1.67 bits per heavy atom. The van der Waals surface area contributed by atoms with Crippen molar-refractivity contribution >= 4 is 28.9 Å². The standard InChI is InChI=1S/C10H11ClN2O5/c1-18-5-8(10(14)15)12-7-4-2-3-6(11)9(7)13(16)17/h2-4,8,12H,5H2,1H3,(H,14,15). The van der Waals surface area contributed by atoms with Crippen molar-refractivity contribution in [3.63, 3.8) is 0 Å². The van der Waals surface area contributed by atoms with Crippen LogP contribution in [-0.4, -0.2) is 35.8 Å². The van der Waals surface area contributed by atoms with Crippen molar-refractivity contribution in [2.24, 2.45) is 0 Å². The third-order valence-corrected chi connectivity index (χ3v) is 2.44. The number of hydrogen-bond donors (Lipinski definition) is 2. The lowest BCUT2D eigenvalue weighted by Crippen LogP contribution is -2.33. The topological polar surface area (TPSA) is 102 Å². The lowest BCUT2D eigenvalue weighted by atomic mass is 10.2. The van der Waals surface area contributed by atoms with Crippen LogP contribution in [0.2, 0.25) is 5.02 Å². The van der Waals surface area contributed by atoms with Crippen LogP contribution in [0.1, 0.15) is 0 Å². The average Bonchev–Trinajstić information content (AvgIpc) is 2.27. The molecule has 1 unspecified atom stereocenters.